The molecule has 0 radical (unpaired) electrons. The van der Waals surface area contributed by atoms with E-state index >= 15 is 0 Å². The molecule has 0 unspecified atom stereocenters. The second-order valence-electron chi connectivity index (χ2n) is 2.39. The number of carboxylic acids is 2. The Balaban J connectivity index is 0. The van der Waals surface area contributed by atoms with Crippen molar-refractivity contribution in [3.8, 4) is 0 Å². The third-order valence-electron chi connectivity index (χ3n) is 1.48. The van der Waals surface area contributed by atoms with Crippen molar-refractivity contribution in [2.45, 2.75) is 0 Å². The van der Waals surface area contributed by atoms with Crippen molar-refractivity contribution in [2.75, 3.05) is 0 Å². The third-order valence-corrected chi connectivity index (χ3v) is 2.00. The van der Waals surface area contributed by atoms with E-state index < -0.39 is 23.1 Å². The average Bonchev–Trinajstić information content (AvgIpc) is 2.01. The molecule has 74 valence electrons. The Labute approximate surface area is 146 Å². The van der Waals surface area contributed by atoms with Crippen LogP contribution >= 0.6 is 23.2 Å². The summed E-state index contributed by atoms with van der Waals surface area (Å²) in [5.74, 6) is -3.36. The zero-order chi connectivity index (χ0) is 10.9. The fourth-order valence-corrected chi connectivity index (χ4v) is 1.51. The van der Waals surface area contributed by atoms with Crippen LogP contribution in [0, 0.1) is 0 Å². The minimum Gasteiger partial charge on any atom is -0.545 e. The van der Waals surface area contributed by atoms with Gasteiger partial charge in [0.15, 0.2) is 0 Å². The van der Waals surface area contributed by atoms with Gasteiger partial charge in [-0.3, -0.25) is 0 Å². The van der Waals surface area contributed by atoms with Gasteiger partial charge in [0.2, 0.25) is 0 Å². The van der Waals surface area contributed by atoms with Crippen LogP contribution in [-0.4, -0.2) is 11.9 Å². The number of benzene rings is 1. The maximum absolute atomic E-state index is 10.5. The molecule has 1 rings (SSSR count). The molecule has 0 aliphatic heterocycles. The molecule has 0 spiro atoms. The number of carbonyl (C=O) groups excluding carboxylic acids is 2. The van der Waals surface area contributed by atoms with Gasteiger partial charge in [0.25, 0.3) is 0 Å². The van der Waals surface area contributed by atoms with E-state index in [1.165, 1.54) is 0 Å². The molecular weight excluding hydrogens is 277 g/mol. The number of rotatable bonds is 2. The van der Waals surface area contributed by atoms with E-state index in [9.17, 15) is 19.8 Å². The smallest absolute Gasteiger partial charge is 0.545 e. The van der Waals surface area contributed by atoms with Crippen LogP contribution in [0.5, 0.6) is 0 Å². The Morgan fingerprint density at radius 2 is 1.50 bits per heavy atom. The van der Waals surface area contributed by atoms with Gasteiger partial charge in [0, 0.05) is 16.1 Å². The quantitative estimate of drug-likeness (QED) is 0.504. The zero-order valence-corrected chi connectivity index (χ0v) is 14.1. The first-order chi connectivity index (χ1) is 6.43. The number of halogens is 2. The largest absolute Gasteiger partial charge is 1.00 e. The van der Waals surface area contributed by atoms with Gasteiger partial charge >= 0.3 is 59.1 Å². The average molecular weight is 279 g/mol. The van der Waals surface area contributed by atoms with Gasteiger partial charge in [-0.2, -0.15) is 0 Å². The van der Waals surface area contributed by atoms with Crippen LogP contribution in [-0.2, 0) is 0 Å². The van der Waals surface area contributed by atoms with Crippen molar-refractivity contribution < 1.29 is 78.9 Å². The fraction of sp³-hybridized carbons (Fsp3) is 0. The molecule has 0 heterocycles. The Bertz CT molecular complexity index is 423. The van der Waals surface area contributed by atoms with Crippen LogP contribution in [0.3, 0.4) is 0 Å². The fourth-order valence-electron chi connectivity index (χ4n) is 0.942. The molecule has 1 aromatic carbocycles. The number of hydrogen-bond acceptors (Lipinski definition) is 4. The van der Waals surface area contributed by atoms with E-state index in [1.54, 1.807) is 0 Å². The van der Waals surface area contributed by atoms with Crippen molar-refractivity contribution in [3.05, 3.63) is 33.3 Å². The monoisotopic (exact) mass is 278 g/mol. The number of carbonyl (C=O) groups is 2. The van der Waals surface area contributed by atoms with Crippen LogP contribution < -0.4 is 69.3 Å². The molecular formula is C8H2Cl2Na2O4. The maximum Gasteiger partial charge on any atom is 1.00 e. The summed E-state index contributed by atoms with van der Waals surface area (Å²) in [6.45, 7) is 0. The van der Waals surface area contributed by atoms with Crippen molar-refractivity contribution in [2.24, 2.45) is 0 Å². The topological polar surface area (TPSA) is 80.3 Å². The summed E-state index contributed by atoms with van der Waals surface area (Å²) in [6.07, 6.45) is 0. The SMILES string of the molecule is O=C([O-])c1cc(Cl)cc(Cl)c1C(=O)[O-].[Na+].[Na+]. The molecule has 0 saturated heterocycles. The molecule has 0 N–H and O–H groups in total. The molecule has 0 aliphatic rings. The van der Waals surface area contributed by atoms with Gasteiger partial charge in [-0.1, -0.05) is 23.2 Å². The minimum absolute atomic E-state index is 0. The Hall–Kier alpha value is 0.740. The second kappa shape index (κ2) is 7.95. The molecule has 0 aromatic heterocycles. The van der Waals surface area contributed by atoms with Gasteiger partial charge < -0.3 is 19.8 Å². The maximum atomic E-state index is 10.5. The van der Waals surface area contributed by atoms with E-state index in [-0.39, 0.29) is 69.2 Å². The summed E-state index contributed by atoms with van der Waals surface area (Å²) < 4.78 is 0. The predicted octanol–water partition coefficient (Wildman–Crippen LogP) is -6.27. The molecule has 0 bridgehead atoms. The van der Waals surface area contributed by atoms with Crippen LogP contribution in [0.4, 0.5) is 0 Å². The van der Waals surface area contributed by atoms with Gasteiger partial charge in [-0.15, -0.1) is 0 Å². The van der Waals surface area contributed by atoms with Crippen molar-refractivity contribution in [1.82, 2.24) is 0 Å². The number of hydrogen-bond donors (Lipinski definition) is 0. The summed E-state index contributed by atoms with van der Waals surface area (Å²) in [5.41, 5.74) is -1.22. The second-order valence-corrected chi connectivity index (χ2v) is 3.23. The van der Waals surface area contributed by atoms with E-state index in [1.807, 2.05) is 0 Å². The normalized spacial score (nSPS) is 8.62. The summed E-state index contributed by atoms with van der Waals surface area (Å²) in [4.78, 5) is 21.0. The first-order valence-electron chi connectivity index (χ1n) is 3.35. The summed E-state index contributed by atoms with van der Waals surface area (Å²) in [6, 6.07) is 2.05. The number of aromatic carboxylic acids is 2. The van der Waals surface area contributed by atoms with E-state index in [0.29, 0.717) is 0 Å². The zero-order valence-electron chi connectivity index (χ0n) is 8.54. The van der Waals surface area contributed by atoms with E-state index in [0.717, 1.165) is 12.1 Å². The minimum atomic E-state index is -1.69. The van der Waals surface area contributed by atoms with Crippen LogP contribution in [0.25, 0.3) is 0 Å². The van der Waals surface area contributed by atoms with Crippen LogP contribution in [0.15, 0.2) is 12.1 Å². The molecule has 0 amide bonds. The molecule has 0 aliphatic carbocycles. The molecule has 8 heteroatoms. The molecule has 16 heavy (non-hydrogen) atoms. The third kappa shape index (κ3) is 4.55. The molecule has 0 fully saturated rings. The van der Waals surface area contributed by atoms with Crippen molar-refractivity contribution in [1.29, 1.82) is 0 Å². The Morgan fingerprint density at radius 1 is 1.00 bits per heavy atom. The summed E-state index contributed by atoms with van der Waals surface area (Å²) >= 11 is 11.0. The van der Waals surface area contributed by atoms with E-state index in [4.69, 9.17) is 23.2 Å². The predicted molar refractivity (Wildman–Crippen MR) is 45.1 cm³/mol. The molecule has 0 saturated carbocycles. The molecule has 4 nitrogen and oxygen atoms in total. The molecule has 1 aromatic rings. The van der Waals surface area contributed by atoms with Gasteiger partial charge in [0.05, 0.1) is 17.0 Å². The Morgan fingerprint density at radius 3 is 1.88 bits per heavy atom. The number of carboxylic acid groups (broad SMARTS) is 2. The summed E-state index contributed by atoms with van der Waals surface area (Å²) in [5, 5.41) is 20.8. The van der Waals surface area contributed by atoms with Gasteiger partial charge in [0.1, 0.15) is 0 Å². The van der Waals surface area contributed by atoms with Gasteiger partial charge in [-0.05, 0) is 12.1 Å². The van der Waals surface area contributed by atoms with E-state index in [2.05, 4.69) is 0 Å². The van der Waals surface area contributed by atoms with Crippen molar-refractivity contribution in [3.63, 3.8) is 0 Å². The van der Waals surface area contributed by atoms with Gasteiger partial charge in [-0.25, -0.2) is 0 Å². The standard InChI is InChI=1S/C8H4Cl2O4.2Na/c9-3-1-4(7(11)12)6(8(13)14)5(10)2-3;;/h1-2H,(H,11,12)(H,13,14);;/q;2*+1/p-2. The first kappa shape index (κ1) is 19.1. The molecule has 0 atom stereocenters. The summed E-state index contributed by atoms with van der Waals surface area (Å²) in [7, 11) is 0. The first-order valence-corrected chi connectivity index (χ1v) is 4.11. The van der Waals surface area contributed by atoms with Crippen LogP contribution in [0.1, 0.15) is 20.7 Å². The van der Waals surface area contributed by atoms with Crippen molar-refractivity contribution >= 4 is 35.1 Å². The van der Waals surface area contributed by atoms with Crippen LogP contribution in [0.2, 0.25) is 10.0 Å². The Kier molecular flexibility index (Phi) is 9.48.